The smallest absolute Gasteiger partial charge is 0.323 e. The van der Waals surface area contributed by atoms with Crippen molar-refractivity contribution in [3.63, 3.8) is 0 Å². The molecular formula is C18H24N2O4. The molecular weight excluding hydrogens is 308 g/mol. The van der Waals surface area contributed by atoms with E-state index < -0.39 is 11.5 Å². The Morgan fingerprint density at radius 3 is 2.50 bits per heavy atom. The molecule has 3 rings (SSSR count). The number of esters is 2. The van der Waals surface area contributed by atoms with Gasteiger partial charge in [-0.3, -0.25) is 19.4 Å². The highest BCUT2D eigenvalue weighted by molar-refractivity contribution is 5.82. The molecule has 6 heteroatoms. The minimum absolute atomic E-state index is 0.158. The summed E-state index contributed by atoms with van der Waals surface area (Å²) in [6.45, 7) is 4.18. The normalized spacial score (nSPS) is 30.1. The summed E-state index contributed by atoms with van der Waals surface area (Å²) in [6.07, 6.45) is 0.261. The number of benzene rings is 1. The van der Waals surface area contributed by atoms with Crippen LogP contribution in [0, 0.1) is 5.41 Å². The monoisotopic (exact) mass is 332 g/mol. The van der Waals surface area contributed by atoms with Crippen LogP contribution in [0.25, 0.3) is 0 Å². The zero-order valence-electron chi connectivity index (χ0n) is 14.4. The zero-order chi connectivity index (χ0) is 17.3. The molecule has 0 bridgehead atoms. The Bertz CT molecular complexity index is 621. The number of ether oxygens (including phenoxy) is 2. The van der Waals surface area contributed by atoms with Gasteiger partial charge in [-0.15, -0.1) is 0 Å². The lowest BCUT2D eigenvalue weighted by atomic mass is 9.84. The highest BCUT2D eigenvalue weighted by Crippen LogP contribution is 2.46. The van der Waals surface area contributed by atoms with Crippen LogP contribution in [-0.2, 0) is 25.6 Å². The Morgan fingerprint density at radius 1 is 1.17 bits per heavy atom. The van der Waals surface area contributed by atoms with Crippen molar-refractivity contribution in [2.75, 3.05) is 27.3 Å². The van der Waals surface area contributed by atoms with Crippen molar-refractivity contribution in [3.8, 4) is 0 Å². The lowest BCUT2D eigenvalue weighted by Gasteiger charge is -2.35. The molecule has 1 aromatic rings. The van der Waals surface area contributed by atoms with Gasteiger partial charge in [0.2, 0.25) is 0 Å². The lowest BCUT2D eigenvalue weighted by molar-refractivity contribution is -0.155. The van der Waals surface area contributed by atoms with E-state index in [0.29, 0.717) is 6.42 Å². The molecule has 0 amide bonds. The number of hydrogen-bond acceptors (Lipinski definition) is 6. The Labute approximate surface area is 142 Å². The maximum Gasteiger partial charge on any atom is 0.323 e. The maximum atomic E-state index is 12.5. The van der Waals surface area contributed by atoms with Gasteiger partial charge in [0, 0.05) is 19.6 Å². The molecule has 2 aliphatic heterocycles. The average molecular weight is 332 g/mol. The summed E-state index contributed by atoms with van der Waals surface area (Å²) >= 11 is 0. The van der Waals surface area contributed by atoms with Crippen molar-refractivity contribution < 1.29 is 19.1 Å². The predicted octanol–water partition coefficient (Wildman–Crippen LogP) is 1.25. The number of carbonyl (C=O) groups is 2. The molecule has 2 heterocycles. The van der Waals surface area contributed by atoms with Gasteiger partial charge < -0.3 is 9.47 Å². The molecule has 0 N–H and O–H groups in total. The van der Waals surface area contributed by atoms with Crippen LogP contribution >= 0.6 is 0 Å². The first-order valence-electron chi connectivity index (χ1n) is 8.21. The molecule has 0 aromatic heterocycles. The van der Waals surface area contributed by atoms with E-state index in [0.717, 1.165) is 19.6 Å². The molecule has 3 unspecified atom stereocenters. The fourth-order valence-electron chi connectivity index (χ4n) is 4.18. The molecule has 130 valence electrons. The van der Waals surface area contributed by atoms with E-state index in [9.17, 15) is 9.59 Å². The van der Waals surface area contributed by atoms with Crippen molar-refractivity contribution in [3.05, 3.63) is 35.9 Å². The molecule has 2 fully saturated rings. The Balaban J connectivity index is 1.90. The fraction of sp³-hybridized carbons (Fsp3) is 0.556. The summed E-state index contributed by atoms with van der Waals surface area (Å²) in [4.78, 5) is 29.0. The summed E-state index contributed by atoms with van der Waals surface area (Å²) in [6, 6.07) is 9.75. The van der Waals surface area contributed by atoms with Crippen molar-refractivity contribution >= 4 is 11.9 Å². The molecule has 2 saturated heterocycles. The van der Waals surface area contributed by atoms with Crippen molar-refractivity contribution in [1.29, 1.82) is 0 Å². The van der Waals surface area contributed by atoms with E-state index in [4.69, 9.17) is 9.47 Å². The first-order valence-corrected chi connectivity index (χ1v) is 8.21. The Morgan fingerprint density at radius 2 is 1.88 bits per heavy atom. The molecule has 24 heavy (non-hydrogen) atoms. The number of rotatable bonds is 4. The van der Waals surface area contributed by atoms with Crippen LogP contribution in [0.2, 0.25) is 0 Å². The van der Waals surface area contributed by atoms with Gasteiger partial charge in [-0.25, -0.2) is 0 Å². The molecule has 0 spiro atoms. The van der Waals surface area contributed by atoms with Gasteiger partial charge in [-0.05, 0) is 18.9 Å². The Kier molecular flexibility index (Phi) is 4.60. The van der Waals surface area contributed by atoms with Crippen LogP contribution in [0.1, 0.15) is 18.9 Å². The van der Waals surface area contributed by atoms with Crippen LogP contribution in [0.5, 0.6) is 0 Å². The summed E-state index contributed by atoms with van der Waals surface area (Å²) in [5.41, 5.74) is 0.437. The number of methoxy groups -OCH3 is 2. The molecule has 6 nitrogen and oxygen atoms in total. The van der Waals surface area contributed by atoms with Crippen LogP contribution in [-0.4, -0.2) is 61.3 Å². The second kappa shape index (κ2) is 6.53. The highest BCUT2D eigenvalue weighted by Gasteiger charge is 2.60. The second-order valence-electron chi connectivity index (χ2n) is 6.72. The summed E-state index contributed by atoms with van der Waals surface area (Å²) in [7, 11) is 2.79. The SMILES string of the molecule is COC(=O)C1CC(C)(C(=O)OC)C2N(Cc3ccccc3)CCN12. The summed E-state index contributed by atoms with van der Waals surface area (Å²) in [5, 5.41) is 0. The van der Waals surface area contributed by atoms with E-state index in [1.165, 1.54) is 19.8 Å². The predicted molar refractivity (Wildman–Crippen MR) is 87.9 cm³/mol. The first-order chi connectivity index (χ1) is 11.5. The minimum atomic E-state index is -0.751. The number of nitrogens with zero attached hydrogens (tertiary/aromatic N) is 2. The topological polar surface area (TPSA) is 59.1 Å². The highest BCUT2D eigenvalue weighted by atomic mass is 16.5. The van der Waals surface area contributed by atoms with Crippen LogP contribution < -0.4 is 0 Å². The maximum absolute atomic E-state index is 12.5. The van der Waals surface area contributed by atoms with Crippen LogP contribution in [0.15, 0.2) is 30.3 Å². The van der Waals surface area contributed by atoms with Crippen molar-refractivity contribution in [2.45, 2.75) is 32.1 Å². The van der Waals surface area contributed by atoms with Gasteiger partial charge in [0.15, 0.2) is 0 Å². The fourth-order valence-corrected chi connectivity index (χ4v) is 4.18. The molecule has 2 aliphatic rings. The van der Waals surface area contributed by atoms with Gasteiger partial charge in [0.05, 0.1) is 25.8 Å². The molecule has 0 aliphatic carbocycles. The average Bonchev–Trinajstić information content (AvgIpc) is 3.15. The third-order valence-corrected chi connectivity index (χ3v) is 5.25. The summed E-state index contributed by atoms with van der Waals surface area (Å²) < 4.78 is 10.0. The van der Waals surface area contributed by atoms with Crippen LogP contribution in [0.4, 0.5) is 0 Å². The number of fused-ring (bicyclic) bond motifs is 1. The van der Waals surface area contributed by atoms with E-state index in [-0.39, 0.29) is 18.1 Å². The van der Waals surface area contributed by atoms with Gasteiger partial charge >= 0.3 is 11.9 Å². The lowest BCUT2D eigenvalue weighted by Crippen LogP contribution is -2.49. The summed E-state index contributed by atoms with van der Waals surface area (Å²) in [5.74, 6) is -0.557. The zero-order valence-corrected chi connectivity index (χ0v) is 14.4. The molecule has 3 atom stereocenters. The minimum Gasteiger partial charge on any atom is -0.469 e. The molecule has 1 aromatic carbocycles. The number of carbonyl (C=O) groups excluding carboxylic acids is 2. The van der Waals surface area contributed by atoms with Gasteiger partial charge in [-0.1, -0.05) is 30.3 Å². The van der Waals surface area contributed by atoms with Crippen molar-refractivity contribution in [1.82, 2.24) is 9.80 Å². The van der Waals surface area contributed by atoms with E-state index in [1.54, 1.807) is 0 Å². The Hall–Kier alpha value is -1.92. The quantitative estimate of drug-likeness (QED) is 0.774. The van der Waals surface area contributed by atoms with Gasteiger partial charge in [0.25, 0.3) is 0 Å². The molecule has 0 radical (unpaired) electrons. The third kappa shape index (κ3) is 2.70. The number of hydrogen-bond donors (Lipinski definition) is 0. The van der Waals surface area contributed by atoms with E-state index >= 15 is 0 Å². The molecule has 0 saturated carbocycles. The van der Waals surface area contributed by atoms with Crippen LogP contribution in [0.3, 0.4) is 0 Å². The van der Waals surface area contributed by atoms with Gasteiger partial charge in [-0.2, -0.15) is 0 Å². The second-order valence-corrected chi connectivity index (χ2v) is 6.72. The standard InChI is InChI=1S/C18H24N2O4/c1-18(17(22)24-3)11-14(15(21)23-2)20-10-9-19(16(18)20)12-13-7-5-4-6-8-13/h4-8,14,16H,9-12H2,1-3H3. The largest absolute Gasteiger partial charge is 0.469 e. The van der Waals surface area contributed by atoms with E-state index in [1.807, 2.05) is 25.1 Å². The third-order valence-electron chi connectivity index (χ3n) is 5.25. The van der Waals surface area contributed by atoms with Gasteiger partial charge in [0.1, 0.15) is 6.04 Å². The van der Waals surface area contributed by atoms with E-state index in [2.05, 4.69) is 21.9 Å². The van der Waals surface area contributed by atoms with Crippen molar-refractivity contribution in [2.24, 2.45) is 5.41 Å². The first kappa shape index (κ1) is 16.9.